The van der Waals surface area contributed by atoms with E-state index in [4.69, 9.17) is 0 Å². The predicted molar refractivity (Wildman–Crippen MR) is 50.9 cm³/mol. The van der Waals surface area contributed by atoms with Gasteiger partial charge in [-0.3, -0.25) is 9.36 Å². The molecule has 0 aromatic heterocycles. The second kappa shape index (κ2) is 5.46. The number of amides is 1. The molecule has 0 aliphatic rings. The highest BCUT2D eigenvalue weighted by Crippen LogP contribution is 2.51. The Balaban J connectivity index is 4.79. The number of carbonyl (C=O) groups excluding carboxylic acids is 1. The second-order valence-electron chi connectivity index (χ2n) is 2.79. The first-order valence-corrected chi connectivity index (χ1v) is 5.65. The Morgan fingerprint density at radius 3 is 2.07 bits per heavy atom. The summed E-state index contributed by atoms with van der Waals surface area (Å²) >= 11 is 0. The average molecular weight is 225 g/mol. The number of carbonyl (C=O) groups is 1. The Labute approximate surface area is 83.1 Å². The summed E-state index contributed by atoms with van der Waals surface area (Å²) in [6.07, 6.45) is -1.02. The van der Waals surface area contributed by atoms with E-state index in [1.165, 1.54) is 28.1 Å². The second-order valence-corrected chi connectivity index (χ2v) is 5.16. The molecular formula is C7H16NO5P. The summed E-state index contributed by atoms with van der Waals surface area (Å²) in [5, 5.41) is 11.6. The molecule has 0 spiro atoms. The van der Waals surface area contributed by atoms with E-state index in [0.717, 1.165) is 0 Å². The lowest BCUT2D eigenvalue weighted by Gasteiger charge is -2.26. The van der Waals surface area contributed by atoms with Crippen molar-refractivity contribution < 1.29 is 23.5 Å². The number of aliphatic hydroxyl groups excluding tert-OH is 1. The van der Waals surface area contributed by atoms with Gasteiger partial charge in [-0.1, -0.05) is 0 Å². The van der Waals surface area contributed by atoms with Gasteiger partial charge in [-0.2, -0.15) is 0 Å². The Bertz CT molecular complexity index is 234. The Hall–Kier alpha value is -0.420. The molecule has 0 aliphatic heterocycles. The lowest BCUT2D eigenvalue weighted by atomic mass is 10.4. The molecule has 0 aromatic carbocycles. The van der Waals surface area contributed by atoms with E-state index in [1.807, 2.05) is 0 Å². The minimum absolute atomic E-state index is 0.412. The molecule has 0 fully saturated rings. The number of hydrogen-bond donors (Lipinski definition) is 2. The van der Waals surface area contributed by atoms with Crippen LogP contribution in [0.25, 0.3) is 0 Å². The Morgan fingerprint density at radius 2 is 1.86 bits per heavy atom. The highest BCUT2D eigenvalue weighted by molar-refractivity contribution is 7.54. The van der Waals surface area contributed by atoms with Crippen molar-refractivity contribution in [3.63, 3.8) is 0 Å². The standard InChI is InChI=1S/C7H16NO5P/c1-5(9)7(8-6(2)10)14(11,12-3)13-4/h5,7,9H,1-4H3,(H,8,10)/t5-,7-/m1/s1. The Kier molecular flexibility index (Phi) is 5.29. The molecule has 0 aliphatic carbocycles. The highest BCUT2D eigenvalue weighted by Gasteiger charge is 2.38. The summed E-state index contributed by atoms with van der Waals surface area (Å²) in [6, 6.07) is 0. The third-order valence-electron chi connectivity index (χ3n) is 1.66. The van der Waals surface area contributed by atoms with Gasteiger partial charge in [-0.05, 0) is 6.92 Å². The van der Waals surface area contributed by atoms with Crippen LogP contribution in [0.1, 0.15) is 13.8 Å². The summed E-state index contributed by atoms with van der Waals surface area (Å²) in [7, 11) is -1.09. The summed E-state index contributed by atoms with van der Waals surface area (Å²) in [4.78, 5) is 10.8. The third kappa shape index (κ3) is 3.38. The van der Waals surface area contributed by atoms with Crippen LogP contribution in [0.4, 0.5) is 0 Å². The van der Waals surface area contributed by atoms with Crippen LogP contribution in [-0.4, -0.2) is 37.1 Å². The number of aliphatic hydroxyl groups is 1. The molecule has 0 rings (SSSR count). The van der Waals surface area contributed by atoms with E-state index < -0.39 is 25.4 Å². The Morgan fingerprint density at radius 1 is 1.43 bits per heavy atom. The topological polar surface area (TPSA) is 84.9 Å². The van der Waals surface area contributed by atoms with Gasteiger partial charge in [0.05, 0.1) is 6.10 Å². The summed E-state index contributed by atoms with van der Waals surface area (Å²) < 4.78 is 21.1. The summed E-state index contributed by atoms with van der Waals surface area (Å²) in [5.74, 6) is -1.46. The van der Waals surface area contributed by atoms with Crippen LogP contribution in [0.15, 0.2) is 0 Å². The van der Waals surface area contributed by atoms with Crippen molar-refractivity contribution in [3.05, 3.63) is 0 Å². The summed E-state index contributed by atoms with van der Waals surface area (Å²) in [5.41, 5.74) is 0. The normalized spacial score (nSPS) is 16.1. The van der Waals surface area contributed by atoms with E-state index in [-0.39, 0.29) is 0 Å². The third-order valence-corrected chi connectivity index (χ3v) is 3.92. The first kappa shape index (κ1) is 13.6. The van der Waals surface area contributed by atoms with E-state index >= 15 is 0 Å². The molecular weight excluding hydrogens is 209 g/mol. The lowest BCUT2D eigenvalue weighted by Crippen LogP contribution is -2.41. The minimum atomic E-state index is -3.48. The predicted octanol–water partition coefficient (Wildman–Crippen LogP) is 0.315. The van der Waals surface area contributed by atoms with E-state index in [2.05, 4.69) is 14.4 Å². The van der Waals surface area contributed by atoms with Crippen LogP contribution in [0.2, 0.25) is 0 Å². The average Bonchev–Trinajstić information content (AvgIpc) is 2.12. The molecule has 0 saturated carbocycles. The van der Waals surface area contributed by atoms with E-state index in [0.29, 0.717) is 0 Å². The quantitative estimate of drug-likeness (QED) is 0.658. The number of rotatable bonds is 5. The van der Waals surface area contributed by atoms with Crippen molar-refractivity contribution >= 4 is 13.5 Å². The fourth-order valence-corrected chi connectivity index (χ4v) is 2.45. The van der Waals surface area contributed by atoms with E-state index in [9.17, 15) is 14.5 Å². The first-order valence-electron chi connectivity index (χ1n) is 4.03. The lowest BCUT2D eigenvalue weighted by molar-refractivity contribution is -0.119. The monoisotopic (exact) mass is 225 g/mol. The SMILES string of the molecule is COP(=O)(OC)[C@@H](NC(C)=O)[C@@H](C)O. The molecule has 2 atom stereocenters. The van der Waals surface area contributed by atoms with E-state index in [1.54, 1.807) is 0 Å². The fourth-order valence-electron chi connectivity index (χ4n) is 0.974. The smallest absolute Gasteiger partial charge is 0.354 e. The maximum atomic E-state index is 11.8. The molecule has 1 amide bonds. The molecule has 2 N–H and O–H groups in total. The van der Waals surface area contributed by atoms with Crippen LogP contribution >= 0.6 is 7.60 Å². The zero-order valence-corrected chi connectivity index (χ0v) is 9.58. The fraction of sp³-hybridized carbons (Fsp3) is 0.857. The summed E-state index contributed by atoms with van der Waals surface area (Å²) in [6.45, 7) is 2.65. The van der Waals surface area contributed by atoms with Gasteiger partial charge in [-0.15, -0.1) is 0 Å². The van der Waals surface area contributed by atoms with Crippen molar-refractivity contribution in [3.8, 4) is 0 Å². The van der Waals surface area contributed by atoms with Gasteiger partial charge in [0, 0.05) is 21.1 Å². The molecule has 6 nitrogen and oxygen atoms in total. The molecule has 0 radical (unpaired) electrons. The van der Waals surface area contributed by atoms with Crippen molar-refractivity contribution in [1.82, 2.24) is 5.32 Å². The molecule has 0 unspecified atom stereocenters. The number of nitrogens with one attached hydrogen (secondary N) is 1. The molecule has 0 saturated heterocycles. The van der Waals surface area contributed by atoms with Crippen molar-refractivity contribution in [2.75, 3.05) is 14.2 Å². The maximum absolute atomic E-state index is 11.8. The van der Waals surface area contributed by atoms with Gasteiger partial charge in [0.25, 0.3) is 0 Å². The maximum Gasteiger partial charge on any atom is 0.354 e. The van der Waals surface area contributed by atoms with Crippen molar-refractivity contribution in [2.24, 2.45) is 0 Å². The zero-order chi connectivity index (χ0) is 11.4. The zero-order valence-electron chi connectivity index (χ0n) is 8.68. The van der Waals surface area contributed by atoms with Crippen LogP contribution in [0, 0.1) is 0 Å². The molecule has 14 heavy (non-hydrogen) atoms. The van der Waals surface area contributed by atoms with Crippen LogP contribution in [0.5, 0.6) is 0 Å². The van der Waals surface area contributed by atoms with Crippen LogP contribution in [0.3, 0.4) is 0 Å². The van der Waals surface area contributed by atoms with Gasteiger partial charge in [0.15, 0.2) is 5.78 Å². The largest absolute Gasteiger partial charge is 0.391 e. The van der Waals surface area contributed by atoms with Gasteiger partial charge in [0.1, 0.15) is 0 Å². The van der Waals surface area contributed by atoms with Gasteiger partial charge in [0.2, 0.25) is 5.91 Å². The first-order chi connectivity index (χ1) is 6.37. The van der Waals surface area contributed by atoms with Gasteiger partial charge in [-0.25, -0.2) is 0 Å². The molecule has 7 heteroatoms. The highest BCUT2D eigenvalue weighted by atomic mass is 31.2. The molecule has 0 bridgehead atoms. The molecule has 0 heterocycles. The molecule has 0 aromatic rings. The van der Waals surface area contributed by atoms with Crippen LogP contribution < -0.4 is 5.32 Å². The van der Waals surface area contributed by atoms with Gasteiger partial charge < -0.3 is 19.5 Å². The van der Waals surface area contributed by atoms with Gasteiger partial charge >= 0.3 is 7.60 Å². The minimum Gasteiger partial charge on any atom is -0.391 e. The van der Waals surface area contributed by atoms with Crippen LogP contribution in [-0.2, 0) is 18.4 Å². The number of hydrogen-bond acceptors (Lipinski definition) is 5. The van der Waals surface area contributed by atoms with Crippen molar-refractivity contribution in [1.29, 1.82) is 0 Å². The molecule has 84 valence electrons. The van der Waals surface area contributed by atoms with Crippen molar-refractivity contribution in [2.45, 2.75) is 25.7 Å².